The summed E-state index contributed by atoms with van der Waals surface area (Å²) in [6, 6.07) is 5.89. The van der Waals surface area contributed by atoms with Gasteiger partial charge in [-0.05, 0) is 30.7 Å². The minimum Gasteiger partial charge on any atom is -0.508 e. The Hall–Kier alpha value is -2.24. The zero-order valence-corrected chi connectivity index (χ0v) is 17.9. The van der Waals surface area contributed by atoms with Gasteiger partial charge in [0.2, 0.25) is 0 Å². The normalized spacial score (nSPS) is 10.5. The molecule has 0 saturated heterocycles. The number of nitrogens with one attached hydrogen (secondary N) is 2. The number of benzene rings is 1. The zero-order valence-electron chi connectivity index (χ0n) is 17.9. The van der Waals surface area contributed by atoms with Crippen LogP contribution in [-0.2, 0) is 4.74 Å². The van der Waals surface area contributed by atoms with Crippen molar-refractivity contribution in [3.63, 3.8) is 0 Å². The van der Waals surface area contributed by atoms with Crippen molar-refractivity contribution in [1.82, 2.24) is 10.6 Å². The van der Waals surface area contributed by atoms with Crippen LogP contribution in [0.3, 0.4) is 0 Å². The van der Waals surface area contributed by atoms with Gasteiger partial charge in [-0.2, -0.15) is 0 Å². The van der Waals surface area contributed by atoms with Gasteiger partial charge in [0.05, 0.1) is 13.3 Å². The lowest BCUT2D eigenvalue weighted by atomic mass is 10.1. The number of unbranched alkanes of at least 4 members (excludes halogenated alkanes) is 11. The fourth-order valence-electron chi connectivity index (χ4n) is 3.07. The van der Waals surface area contributed by atoms with Gasteiger partial charge < -0.3 is 20.5 Å². The van der Waals surface area contributed by atoms with Crippen LogP contribution in [0.1, 0.15) is 94.3 Å². The summed E-state index contributed by atoms with van der Waals surface area (Å²) in [5.74, 6) is -0.229. The summed E-state index contributed by atoms with van der Waals surface area (Å²) in [7, 11) is 0. The SMILES string of the molecule is CCCCCCCCCCCCCCOC(=O)NCNC(=O)c1ccc(O)cc1. The maximum Gasteiger partial charge on any atom is 0.408 e. The summed E-state index contributed by atoms with van der Waals surface area (Å²) in [6.07, 6.45) is 14.7. The number of hydrogen-bond acceptors (Lipinski definition) is 4. The van der Waals surface area contributed by atoms with E-state index in [0.29, 0.717) is 12.2 Å². The molecular weight excluding hydrogens is 368 g/mol. The Morgan fingerprint density at radius 2 is 1.31 bits per heavy atom. The minimum atomic E-state index is -0.529. The molecule has 0 aromatic heterocycles. The van der Waals surface area contributed by atoms with E-state index in [1.807, 2.05) is 0 Å². The van der Waals surface area contributed by atoms with Crippen molar-refractivity contribution >= 4 is 12.0 Å². The van der Waals surface area contributed by atoms with E-state index in [9.17, 15) is 14.7 Å². The number of alkyl carbamates (subject to hydrolysis) is 1. The van der Waals surface area contributed by atoms with Crippen LogP contribution in [0.25, 0.3) is 0 Å². The van der Waals surface area contributed by atoms with Gasteiger partial charge in [-0.3, -0.25) is 4.79 Å². The van der Waals surface area contributed by atoms with E-state index < -0.39 is 6.09 Å². The van der Waals surface area contributed by atoms with Crippen molar-refractivity contribution in [3.05, 3.63) is 29.8 Å². The molecule has 0 saturated carbocycles. The first-order valence-electron chi connectivity index (χ1n) is 11.1. The fraction of sp³-hybridized carbons (Fsp3) is 0.652. The van der Waals surface area contributed by atoms with Gasteiger partial charge in [-0.25, -0.2) is 4.79 Å². The molecule has 0 unspecified atom stereocenters. The highest BCUT2D eigenvalue weighted by molar-refractivity contribution is 5.94. The Kier molecular flexibility index (Phi) is 14.3. The summed E-state index contributed by atoms with van der Waals surface area (Å²) in [4.78, 5) is 23.4. The third-order valence-corrected chi connectivity index (χ3v) is 4.84. The Morgan fingerprint density at radius 1 is 0.793 bits per heavy atom. The molecule has 0 heterocycles. The number of carbonyl (C=O) groups excluding carboxylic acids is 2. The van der Waals surface area contributed by atoms with Crippen LogP contribution < -0.4 is 10.6 Å². The molecular formula is C23H38N2O4. The van der Waals surface area contributed by atoms with Gasteiger partial charge in [0.1, 0.15) is 5.75 Å². The summed E-state index contributed by atoms with van der Waals surface area (Å²) < 4.78 is 5.10. The van der Waals surface area contributed by atoms with Crippen molar-refractivity contribution in [2.45, 2.75) is 84.0 Å². The van der Waals surface area contributed by atoms with Gasteiger partial charge in [0, 0.05) is 5.56 Å². The monoisotopic (exact) mass is 406 g/mol. The maximum atomic E-state index is 11.8. The van der Waals surface area contributed by atoms with Crippen LogP contribution in [0.15, 0.2) is 24.3 Å². The summed E-state index contributed by atoms with van der Waals surface area (Å²) in [5, 5.41) is 14.3. The second-order valence-electron chi connectivity index (χ2n) is 7.43. The number of carbonyl (C=O) groups is 2. The Morgan fingerprint density at radius 3 is 1.86 bits per heavy atom. The van der Waals surface area contributed by atoms with Gasteiger partial charge in [0.15, 0.2) is 0 Å². The second kappa shape index (κ2) is 16.7. The number of rotatable bonds is 16. The smallest absolute Gasteiger partial charge is 0.408 e. The number of phenolic OH excluding ortho intramolecular Hbond substituents is 1. The Labute approximate surface area is 175 Å². The molecule has 6 nitrogen and oxygen atoms in total. The highest BCUT2D eigenvalue weighted by atomic mass is 16.5. The van der Waals surface area contributed by atoms with Crippen molar-refractivity contribution < 1.29 is 19.4 Å². The lowest BCUT2D eigenvalue weighted by Gasteiger charge is -2.08. The van der Waals surface area contributed by atoms with Crippen LogP contribution in [0.4, 0.5) is 4.79 Å². The molecule has 1 aromatic rings. The first-order chi connectivity index (χ1) is 14.1. The van der Waals surface area contributed by atoms with Crippen molar-refractivity contribution in [2.75, 3.05) is 13.3 Å². The molecule has 0 aliphatic heterocycles. The standard InChI is InChI=1S/C23H38N2O4/c1-2-3-4-5-6-7-8-9-10-11-12-13-18-29-23(28)25-19-24-22(27)20-14-16-21(26)17-15-20/h14-17,26H,2-13,18-19H2,1H3,(H,24,27)(H,25,28). The predicted octanol–water partition coefficient (Wildman–Crippen LogP) is 5.51. The van der Waals surface area contributed by atoms with Crippen LogP contribution in [0, 0.1) is 0 Å². The number of hydrogen-bond donors (Lipinski definition) is 3. The third-order valence-electron chi connectivity index (χ3n) is 4.84. The predicted molar refractivity (Wildman–Crippen MR) is 116 cm³/mol. The second-order valence-corrected chi connectivity index (χ2v) is 7.43. The van der Waals surface area contributed by atoms with Gasteiger partial charge in [-0.15, -0.1) is 0 Å². The van der Waals surface area contributed by atoms with Crippen molar-refractivity contribution in [1.29, 1.82) is 0 Å². The maximum absolute atomic E-state index is 11.8. The molecule has 2 amide bonds. The molecule has 1 aromatic carbocycles. The molecule has 0 radical (unpaired) electrons. The number of amides is 2. The summed E-state index contributed by atoms with van der Waals surface area (Å²) in [5.41, 5.74) is 0.412. The van der Waals surface area contributed by atoms with E-state index in [-0.39, 0.29) is 18.3 Å². The first kappa shape index (κ1) is 24.8. The number of ether oxygens (including phenoxy) is 1. The lowest BCUT2D eigenvalue weighted by Crippen LogP contribution is -2.37. The minimum absolute atomic E-state index is 0.00299. The molecule has 0 bridgehead atoms. The molecule has 0 aliphatic carbocycles. The molecule has 29 heavy (non-hydrogen) atoms. The van der Waals surface area contributed by atoms with Crippen molar-refractivity contribution in [2.24, 2.45) is 0 Å². The summed E-state index contributed by atoms with van der Waals surface area (Å²) in [6.45, 7) is 2.64. The molecule has 3 N–H and O–H groups in total. The topological polar surface area (TPSA) is 87.7 Å². The van der Waals surface area contributed by atoms with E-state index in [1.54, 1.807) is 0 Å². The largest absolute Gasteiger partial charge is 0.508 e. The molecule has 0 aliphatic rings. The van der Waals surface area contributed by atoms with E-state index in [2.05, 4.69) is 17.6 Å². The van der Waals surface area contributed by atoms with Crippen LogP contribution in [-0.4, -0.2) is 30.4 Å². The molecule has 0 atom stereocenters. The molecule has 1 rings (SSSR count). The lowest BCUT2D eigenvalue weighted by molar-refractivity contribution is 0.0948. The van der Waals surface area contributed by atoms with E-state index in [1.165, 1.54) is 88.5 Å². The van der Waals surface area contributed by atoms with Crippen molar-refractivity contribution in [3.8, 4) is 5.75 Å². The molecule has 0 spiro atoms. The van der Waals surface area contributed by atoms with Crippen LogP contribution in [0.2, 0.25) is 0 Å². The van der Waals surface area contributed by atoms with Gasteiger partial charge >= 0.3 is 6.09 Å². The number of phenols is 1. The van der Waals surface area contributed by atoms with Crippen LogP contribution in [0.5, 0.6) is 5.75 Å². The Balaban J connectivity index is 1.88. The van der Waals surface area contributed by atoms with Crippen LogP contribution >= 0.6 is 0 Å². The summed E-state index contributed by atoms with van der Waals surface area (Å²) >= 11 is 0. The fourth-order valence-corrected chi connectivity index (χ4v) is 3.07. The average Bonchev–Trinajstić information content (AvgIpc) is 2.72. The molecule has 6 heteroatoms. The van der Waals surface area contributed by atoms with E-state index in [0.717, 1.165) is 12.8 Å². The van der Waals surface area contributed by atoms with Gasteiger partial charge in [0.25, 0.3) is 5.91 Å². The first-order valence-corrected chi connectivity index (χ1v) is 11.1. The molecule has 0 fully saturated rings. The highest BCUT2D eigenvalue weighted by Crippen LogP contribution is 2.12. The quantitative estimate of drug-likeness (QED) is 0.250. The highest BCUT2D eigenvalue weighted by Gasteiger charge is 2.06. The van der Waals surface area contributed by atoms with E-state index in [4.69, 9.17) is 4.74 Å². The zero-order chi connectivity index (χ0) is 21.2. The number of aromatic hydroxyl groups is 1. The third kappa shape index (κ3) is 13.6. The average molecular weight is 407 g/mol. The van der Waals surface area contributed by atoms with E-state index >= 15 is 0 Å². The Bertz CT molecular complexity index is 561. The molecule has 164 valence electrons. The van der Waals surface area contributed by atoms with Gasteiger partial charge in [-0.1, -0.05) is 77.6 Å².